The zero-order valence-electron chi connectivity index (χ0n) is 9.60. The molecule has 5 atom stereocenters. The van der Waals surface area contributed by atoms with Crippen molar-refractivity contribution in [3.8, 4) is 0 Å². The molecule has 3 rings (SSSR count). The molecular formula is C12H18N2O3. The summed E-state index contributed by atoms with van der Waals surface area (Å²) in [6.45, 7) is 0. The van der Waals surface area contributed by atoms with E-state index >= 15 is 0 Å². The molecule has 2 aliphatic carbocycles. The lowest BCUT2D eigenvalue weighted by atomic mass is 9.71. The Morgan fingerprint density at radius 2 is 2.12 bits per heavy atom. The summed E-state index contributed by atoms with van der Waals surface area (Å²) in [6.07, 6.45) is 4.26. The fourth-order valence-corrected chi connectivity index (χ4v) is 3.70. The van der Waals surface area contributed by atoms with E-state index in [-0.39, 0.29) is 29.9 Å². The van der Waals surface area contributed by atoms with E-state index in [0.29, 0.717) is 11.7 Å². The van der Waals surface area contributed by atoms with Gasteiger partial charge >= 0.3 is 0 Å². The summed E-state index contributed by atoms with van der Waals surface area (Å²) in [5.41, 5.74) is 0. The lowest BCUT2D eigenvalue weighted by Gasteiger charge is -2.42. The number of hydrogen-bond donors (Lipinski definition) is 4. The van der Waals surface area contributed by atoms with Crippen molar-refractivity contribution in [2.45, 2.75) is 37.8 Å². The van der Waals surface area contributed by atoms with E-state index in [2.05, 4.69) is 10.6 Å². The van der Waals surface area contributed by atoms with Crippen LogP contribution in [-0.4, -0.2) is 28.3 Å². The van der Waals surface area contributed by atoms with Crippen LogP contribution >= 0.6 is 0 Å². The fraction of sp³-hybridized carbons (Fsp3) is 0.750. The molecule has 0 radical (unpaired) electrons. The Morgan fingerprint density at radius 1 is 1.29 bits per heavy atom. The van der Waals surface area contributed by atoms with Gasteiger partial charge in [0.25, 0.3) is 0 Å². The van der Waals surface area contributed by atoms with Crippen molar-refractivity contribution in [2.75, 3.05) is 0 Å². The van der Waals surface area contributed by atoms with E-state index in [0.717, 1.165) is 31.9 Å². The molecule has 0 aromatic rings. The van der Waals surface area contributed by atoms with Crippen LogP contribution in [0.5, 0.6) is 0 Å². The zero-order chi connectivity index (χ0) is 12.0. The minimum absolute atomic E-state index is 0.0356. The second-order valence-corrected chi connectivity index (χ2v) is 5.43. The number of carbonyl (C=O) groups excluding carboxylic acids is 1. The molecule has 0 aromatic heterocycles. The first kappa shape index (κ1) is 10.9. The molecule has 3 aliphatic rings. The van der Waals surface area contributed by atoms with Gasteiger partial charge in [-0.1, -0.05) is 0 Å². The minimum atomic E-state index is -0.233. The third-order valence-electron chi connectivity index (χ3n) is 4.57. The van der Waals surface area contributed by atoms with Crippen LogP contribution < -0.4 is 10.6 Å². The highest BCUT2D eigenvalue weighted by Crippen LogP contribution is 2.45. The first-order chi connectivity index (χ1) is 8.19. The molecule has 0 bridgehead atoms. The number of carbonyl (C=O) groups is 1. The molecule has 3 fully saturated rings. The maximum absolute atomic E-state index is 11.9. The molecule has 1 saturated heterocycles. The Labute approximate surface area is 99.9 Å². The largest absolute Gasteiger partial charge is 0.512 e. The summed E-state index contributed by atoms with van der Waals surface area (Å²) >= 11 is 0. The van der Waals surface area contributed by atoms with E-state index in [4.69, 9.17) is 5.11 Å². The van der Waals surface area contributed by atoms with Gasteiger partial charge in [-0.15, -0.1) is 0 Å². The molecule has 1 amide bonds. The molecule has 5 unspecified atom stereocenters. The van der Waals surface area contributed by atoms with Gasteiger partial charge in [-0.05, 0) is 37.5 Å². The number of hydrogen-bond acceptors (Lipinski definition) is 4. The predicted molar refractivity (Wildman–Crippen MR) is 60.7 cm³/mol. The maximum atomic E-state index is 11.9. The summed E-state index contributed by atoms with van der Waals surface area (Å²) in [5, 5.41) is 24.6. The molecule has 5 nitrogen and oxygen atoms in total. The molecule has 2 saturated carbocycles. The van der Waals surface area contributed by atoms with Crippen LogP contribution in [0.4, 0.5) is 0 Å². The first-order valence-electron chi connectivity index (χ1n) is 6.29. The highest BCUT2D eigenvalue weighted by Gasteiger charge is 2.47. The number of aliphatic hydroxyl groups excluding tert-OH is 2. The molecule has 5 heteroatoms. The van der Waals surface area contributed by atoms with Gasteiger partial charge in [0, 0.05) is 6.04 Å². The quantitative estimate of drug-likeness (QED) is 0.455. The third-order valence-corrected chi connectivity index (χ3v) is 4.57. The number of amides is 1. The summed E-state index contributed by atoms with van der Waals surface area (Å²) < 4.78 is 0. The Kier molecular flexibility index (Phi) is 2.50. The van der Waals surface area contributed by atoms with Crippen LogP contribution in [0.15, 0.2) is 12.1 Å². The van der Waals surface area contributed by atoms with Gasteiger partial charge in [0.2, 0.25) is 5.91 Å². The van der Waals surface area contributed by atoms with Gasteiger partial charge in [0.15, 0.2) is 0 Å². The summed E-state index contributed by atoms with van der Waals surface area (Å²) in [6, 6.07) is 0.105. The van der Waals surface area contributed by atoms with Crippen molar-refractivity contribution in [1.82, 2.24) is 10.6 Å². The van der Waals surface area contributed by atoms with E-state index in [9.17, 15) is 9.90 Å². The van der Waals surface area contributed by atoms with Crippen LogP contribution in [0, 0.1) is 17.8 Å². The fourth-order valence-electron chi connectivity index (χ4n) is 3.70. The van der Waals surface area contributed by atoms with E-state index in [1.807, 2.05) is 0 Å². The molecule has 1 heterocycles. The van der Waals surface area contributed by atoms with Crippen LogP contribution in [0.25, 0.3) is 0 Å². The molecule has 94 valence electrons. The second-order valence-electron chi connectivity index (χ2n) is 5.43. The number of fused-ring (bicyclic) bond motifs is 2. The van der Waals surface area contributed by atoms with Crippen molar-refractivity contribution in [1.29, 1.82) is 0 Å². The Morgan fingerprint density at radius 3 is 2.88 bits per heavy atom. The van der Waals surface area contributed by atoms with E-state index < -0.39 is 0 Å². The molecule has 1 aliphatic heterocycles. The SMILES string of the molecule is O=C1NC(=CO)NC2CC3CCC(O)C3CC12. The van der Waals surface area contributed by atoms with Crippen molar-refractivity contribution in [2.24, 2.45) is 17.8 Å². The smallest absolute Gasteiger partial charge is 0.230 e. The average molecular weight is 238 g/mol. The van der Waals surface area contributed by atoms with Gasteiger partial charge < -0.3 is 20.8 Å². The van der Waals surface area contributed by atoms with Gasteiger partial charge in [0.05, 0.1) is 12.0 Å². The Balaban J connectivity index is 1.79. The van der Waals surface area contributed by atoms with Gasteiger partial charge in [-0.2, -0.15) is 0 Å². The monoisotopic (exact) mass is 238 g/mol. The molecular weight excluding hydrogens is 220 g/mol. The number of nitrogens with one attached hydrogen (secondary N) is 2. The normalized spacial score (nSPS) is 47.0. The molecule has 0 spiro atoms. The predicted octanol–water partition coefficient (Wildman–Crippen LogP) is 0.228. The maximum Gasteiger partial charge on any atom is 0.230 e. The van der Waals surface area contributed by atoms with Crippen LogP contribution in [-0.2, 0) is 4.79 Å². The number of rotatable bonds is 0. The van der Waals surface area contributed by atoms with Crippen molar-refractivity contribution in [3.63, 3.8) is 0 Å². The Hall–Kier alpha value is -1.23. The molecule has 0 aromatic carbocycles. The van der Waals surface area contributed by atoms with Crippen LogP contribution in [0.2, 0.25) is 0 Å². The Bertz CT molecular complexity index is 369. The van der Waals surface area contributed by atoms with Crippen molar-refractivity contribution in [3.05, 3.63) is 12.1 Å². The van der Waals surface area contributed by atoms with Gasteiger partial charge in [-0.25, -0.2) is 0 Å². The van der Waals surface area contributed by atoms with E-state index in [1.54, 1.807) is 0 Å². The highest BCUT2D eigenvalue weighted by atomic mass is 16.3. The van der Waals surface area contributed by atoms with Gasteiger partial charge in [-0.3, -0.25) is 4.79 Å². The lowest BCUT2D eigenvalue weighted by Crippen LogP contribution is -2.57. The highest BCUT2D eigenvalue weighted by molar-refractivity contribution is 5.82. The summed E-state index contributed by atoms with van der Waals surface area (Å²) in [7, 11) is 0. The molecule has 4 N–H and O–H groups in total. The summed E-state index contributed by atoms with van der Waals surface area (Å²) in [4.78, 5) is 11.9. The van der Waals surface area contributed by atoms with Crippen molar-refractivity contribution >= 4 is 5.91 Å². The number of aliphatic hydroxyl groups is 2. The van der Waals surface area contributed by atoms with Crippen molar-refractivity contribution < 1.29 is 15.0 Å². The summed E-state index contributed by atoms with van der Waals surface area (Å²) in [5.74, 6) is 1.08. The van der Waals surface area contributed by atoms with Crippen LogP contribution in [0.3, 0.4) is 0 Å². The molecule has 17 heavy (non-hydrogen) atoms. The van der Waals surface area contributed by atoms with Gasteiger partial charge in [0.1, 0.15) is 12.1 Å². The minimum Gasteiger partial charge on any atom is -0.512 e. The zero-order valence-corrected chi connectivity index (χ0v) is 9.60. The standard InChI is InChI=1S/C12H18N2O3/c15-5-11-13-9-3-6-1-2-10(16)7(6)4-8(9)12(17)14-11/h5-10,13,15-16H,1-4H2,(H,14,17). The topological polar surface area (TPSA) is 81.6 Å². The first-order valence-corrected chi connectivity index (χ1v) is 6.29. The van der Waals surface area contributed by atoms with Crippen LogP contribution in [0.1, 0.15) is 25.7 Å². The average Bonchev–Trinajstić information content (AvgIpc) is 2.68. The lowest BCUT2D eigenvalue weighted by molar-refractivity contribution is -0.129. The third kappa shape index (κ3) is 1.69. The second kappa shape index (κ2) is 3.91. The van der Waals surface area contributed by atoms with E-state index in [1.165, 1.54) is 0 Å².